The molecule has 1 fully saturated rings. The predicted octanol–water partition coefficient (Wildman–Crippen LogP) is 3.96. The SMILES string of the molecule is CC(Nc1ncc(C(F)(F)F)cc1Cl)C1CC1. The third kappa shape index (κ3) is 3.03. The number of halogens is 4. The number of aromatic nitrogens is 1. The second-order valence-electron chi connectivity index (χ2n) is 4.32. The number of nitrogens with zero attached hydrogens (tertiary/aromatic N) is 1. The Morgan fingerprint density at radius 2 is 2.12 bits per heavy atom. The summed E-state index contributed by atoms with van der Waals surface area (Å²) >= 11 is 5.78. The van der Waals surface area contributed by atoms with Crippen molar-refractivity contribution >= 4 is 17.4 Å². The van der Waals surface area contributed by atoms with Crippen LogP contribution >= 0.6 is 11.6 Å². The summed E-state index contributed by atoms with van der Waals surface area (Å²) < 4.78 is 37.1. The molecule has 0 bridgehead atoms. The first-order valence-electron chi connectivity index (χ1n) is 5.37. The largest absolute Gasteiger partial charge is 0.417 e. The number of hydrogen-bond donors (Lipinski definition) is 1. The molecule has 1 saturated carbocycles. The third-order valence-corrected chi connectivity index (χ3v) is 3.15. The van der Waals surface area contributed by atoms with Crippen molar-refractivity contribution in [3.63, 3.8) is 0 Å². The Labute approximate surface area is 102 Å². The van der Waals surface area contributed by atoms with Crippen LogP contribution in [-0.4, -0.2) is 11.0 Å². The van der Waals surface area contributed by atoms with Gasteiger partial charge in [-0.15, -0.1) is 0 Å². The highest BCUT2D eigenvalue weighted by atomic mass is 35.5. The molecule has 1 heterocycles. The van der Waals surface area contributed by atoms with E-state index in [0.29, 0.717) is 11.7 Å². The summed E-state index contributed by atoms with van der Waals surface area (Å²) in [5.74, 6) is 0.897. The lowest BCUT2D eigenvalue weighted by molar-refractivity contribution is -0.137. The van der Waals surface area contributed by atoms with E-state index in [0.717, 1.165) is 25.1 Å². The molecule has 1 N–H and O–H groups in total. The molecule has 2 rings (SSSR count). The van der Waals surface area contributed by atoms with E-state index in [2.05, 4.69) is 10.3 Å². The lowest BCUT2D eigenvalue weighted by Crippen LogP contribution is -2.18. The van der Waals surface area contributed by atoms with Crippen LogP contribution in [0.3, 0.4) is 0 Å². The topological polar surface area (TPSA) is 24.9 Å². The van der Waals surface area contributed by atoms with Gasteiger partial charge in [-0.2, -0.15) is 13.2 Å². The maximum atomic E-state index is 12.4. The maximum Gasteiger partial charge on any atom is 0.417 e. The van der Waals surface area contributed by atoms with Crippen molar-refractivity contribution in [3.05, 3.63) is 22.8 Å². The summed E-state index contributed by atoms with van der Waals surface area (Å²) in [4.78, 5) is 3.73. The van der Waals surface area contributed by atoms with Crippen molar-refractivity contribution < 1.29 is 13.2 Å². The van der Waals surface area contributed by atoms with E-state index in [4.69, 9.17) is 11.6 Å². The van der Waals surface area contributed by atoms with E-state index in [1.54, 1.807) is 0 Å². The van der Waals surface area contributed by atoms with Crippen LogP contribution in [0.5, 0.6) is 0 Å². The number of pyridine rings is 1. The zero-order chi connectivity index (χ0) is 12.6. The van der Waals surface area contributed by atoms with Gasteiger partial charge in [-0.3, -0.25) is 0 Å². The highest BCUT2D eigenvalue weighted by molar-refractivity contribution is 6.33. The number of alkyl halides is 3. The normalized spacial score (nSPS) is 17.9. The number of rotatable bonds is 3. The standard InChI is InChI=1S/C11H12ClF3N2/c1-6(7-2-3-7)17-10-9(12)4-8(5-16-10)11(13,14)15/h4-7H,2-3H2,1H3,(H,16,17). The van der Waals surface area contributed by atoms with E-state index in [9.17, 15) is 13.2 Å². The molecule has 0 amide bonds. The molecule has 1 aromatic heterocycles. The molecular formula is C11H12ClF3N2. The molecule has 0 aliphatic heterocycles. The highest BCUT2D eigenvalue weighted by Gasteiger charge is 2.32. The van der Waals surface area contributed by atoms with Crippen LogP contribution in [0.1, 0.15) is 25.3 Å². The van der Waals surface area contributed by atoms with Crippen molar-refractivity contribution in [2.45, 2.75) is 32.0 Å². The van der Waals surface area contributed by atoms with Crippen molar-refractivity contribution in [1.29, 1.82) is 0 Å². The summed E-state index contributed by atoms with van der Waals surface area (Å²) in [5, 5.41) is 3.05. The minimum Gasteiger partial charge on any atom is -0.366 e. The molecule has 6 heteroatoms. The fraction of sp³-hybridized carbons (Fsp3) is 0.545. The smallest absolute Gasteiger partial charge is 0.366 e. The van der Waals surface area contributed by atoms with Gasteiger partial charge in [0.15, 0.2) is 0 Å². The molecular weight excluding hydrogens is 253 g/mol. The van der Waals surface area contributed by atoms with E-state index >= 15 is 0 Å². The van der Waals surface area contributed by atoms with Gasteiger partial charge in [0.05, 0.1) is 10.6 Å². The lowest BCUT2D eigenvalue weighted by Gasteiger charge is -2.15. The summed E-state index contributed by atoms with van der Waals surface area (Å²) in [7, 11) is 0. The Morgan fingerprint density at radius 3 is 2.59 bits per heavy atom. The van der Waals surface area contributed by atoms with Gasteiger partial charge in [0.1, 0.15) is 5.82 Å². The molecule has 0 spiro atoms. The van der Waals surface area contributed by atoms with E-state index < -0.39 is 11.7 Å². The maximum absolute atomic E-state index is 12.4. The fourth-order valence-corrected chi connectivity index (χ4v) is 1.85. The number of anilines is 1. The van der Waals surface area contributed by atoms with Crippen LogP contribution in [-0.2, 0) is 6.18 Å². The lowest BCUT2D eigenvalue weighted by atomic mass is 10.2. The van der Waals surface area contributed by atoms with Gasteiger partial charge in [0.2, 0.25) is 0 Å². The minimum absolute atomic E-state index is 0.00678. The van der Waals surface area contributed by atoms with Crippen LogP contribution in [0.15, 0.2) is 12.3 Å². The first kappa shape index (κ1) is 12.5. The molecule has 1 aliphatic rings. The molecule has 0 aromatic carbocycles. The van der Waals surface area contributed by atoms with Crippen molar-refractivity contribution in [3.8, 4) is 0 Å². The first-order valence-corrected chi connectivity index (χ1v) is 5.75. The van der Waals surface area contributed by atoms with Gasteiger partial charge >= 0.3 is 6.18 Å². The summed E-state index contributed by atoms with van der Waals surface area (Å²) in [6, 6.07) is 1.09. The molecule has 0 radical (unpaired) electrons. The average Bonchev–Trinajstić information content (AvgIpc) is 3.02. The van der Waals surface area contributed by atoms with E-state index in [1.165, 1.54) is 0 Å². The fourth-order valence-electron chi connectivity index (χ4n) is 1.63. The van der Waals surface area contributed by atoms with Crippen LogP contribution in [0.25, 0.3) is 0 Å². The second kappa shape index (κ2) is 4.37. The predicted molar refractivity (Wildman–Crippen MR) is 60.1 cm³/mol. The van der Waals surface area contributed by atoms with Gasteiger partial charge in [-0.1, -0.05) is 11.6 Å². The molecule has 94 valence electrons. The summed E-state index contributed by atoms with van der Waals surface area (Å²) in [6.45, 7) is 1.98. The van der Waals surface area contributed by atoms with Gasteiger partial charge in [-0.05, 0) is 31.7 Å². The quantitative estimate of drug-likeness (QED) is 0.894. The first-order chi connectivity index (χ1) is 7.88. The van der Waals surface area contributed by atoms with Crippen molar-refractivity contribution in [2.75, 3.05) is 5.32 Å². The number of hydrogen-bond acceptors (Lipinski definition) is 2. The van der Waals surface area contributed by atoms with Gasteiger partial charge in [-0.25, -0.2) is 4.98 Å². The molecule has 0 saturated heterocycles. The third-order valence-electron chi connectivity index (χ3n) is 2.86. The summed E-state index contributed by atoms with van der Waals surface area (Å²) in [6.07, 6.45) is -1.32. The Kier molecular flexibility index (Phi) is 3.21. The van der Waals surface area contributed by atoms with Gasteiger partial charge in [0, 0.05) is 12.2 Å². The summed E-state index contributed by atoms with van der Waals surface area (Å²) in [5.41, 5.74) is -0.827. The number of nitrogens with one attached hydrogen (secondary N) is 1. The minimum atomic E-state index is -4.41. The van der Waals surface area contributed by atoms with Crippen molar-refractivity contribution in [1.82, 2.24) is 4.98 Å². The Hall–Kier alpha value is -0.970. The zero-order valence-electron chi connectivity index (χ0n) is 9.18. The molecule has 1 atom stereocenters. The van der Waals surface area contributed by atoms with Crippen LogP contribution in [0.2, 0.25) is 5.02 Å². The van der Waals surface area contributed by atoms with Gasteiger partial charge in [0.25, 0.3) is 0 Å². The molecule has 17 heavy (non-hydrogen) atoms. The monoisotopic (exact) mass is 264 g/mol. The Balaban J connectivity index is 2.13. The van der Waals surface area contributed by atoms with E-state index in [-0.39, 0.29) is 11.1 Å². The highest BCUT2D eigenvalue weighted by Crippen LogP contribution is 2.36. The van der Waals surface area contributed by atoms with Crippen LogP contribution < -0.4 is 5.32 Å². The molecule has 1 aromatic rings. The Bertz CT molecular complexity index is 416. The van der Waals surface area contributed by atoms with Crippen LogP contribution in [0.4, 0.5) is 19.0 Å². The molecule has 1 aliphatic carbocycles. The average molecular weight is 265 g/mol. The molecule has 2 nitrogen and oxygen atoms in total. The van der Waals surface area contributed by atoms with E-state index in [1.807, 2.05) is 6.92 Å². The zero-order valence-corrected chi connectivity index (χ0v) is 9.94. The second-order valence-corrected chi connectivity index (χ2v) is 4.73. The Morgan fingerprint density at radius 1 is 1.47 bits per heavy atom. The van der Waals surface area contributed by atoms with Crippen LogP contribution in [0, 0.1) is 5.92 Å². The van der Waals surface area contributed by atoms with Gasteiger partial charge < -0.3 is 5.32 Å². The van der Waals surface area contributed by atoms with Crippen molar-refractivity contribution in [2.24, 2.45) is 5.92 Å². The molecule has 1 unspecified atom stereocenters.